The molecule has 0 unspecified atom stereocenters. The molecule has 156 valence electrons. The van der Waals surface area contributed by atoms with Crippen LogP contribution >= 0.6 is 0 Å². The summed E-state index contributed by atoms with van der Waals surface area (Å²) in [6.07, 6.45) is 1.15. The normalized spacial score (nSPS) is 18.2. The first-order valence-electron chi connectivity index (χ1n) is 9.80. The number of benzene rings is 2. The molecule has 2 aromatic carbocycles. The van der Waals surface area contributed by atoms with Crippen LogP contribution in [0, 0.1) is 18.6 Å². The second-order valence-electron chi connectivity index (χ2n) is 7.76. The Morgan fingerprint density at radius 1 is 1.20 bits per heavy atom. The number of likely N-dealkylation sites (tertiary alicyclic amines) is 1. The molecule has 1 fully saturated rings. The summed E-state index contributed by atoms with van der Waals surface area (Å²) in [4.78, 5) is 31.4. The van der Waals surface area contributed by atoms with E-state index in [2.05, 4.69) is 10.6 Å². The maximum Gasteiger partial charge on any atom is 0.272 e. The standard InChI is InChI=1S/C22H22F2N4O2/c1-14-3-2-4-15(11-14)20-21(30)27-22(26-20)7-9-28(10-8-22)13-19(29)25-18-6-5-16(23)12-17(18)24/h2-6,11-12H,7-10,13H2,1H3,(H,25,29)(H,27,30). The molecule has 0 atom stereocenters. The highest BCUT2D eigenvalue weighted by molar-refractivity contribution is 6.46. The van der Waals surface area contributed by atoms with Gasteiger partial charge in [0.05, 0.1) is 12.2 Å². The number of hydrogen-bond donors (Lipinski definition) is 2. The maximum atomic E-state index is 13.7. The molecule has 4 rings (SSSR count). The lowest BCUT2D eigenvalue weighted by molar-refractivity contribution is -0.119. The van der Waals surface area contributed by atoms with Crippen molar-refractivity contribution in [3.8, 4) is 0 Å². The number of halogens is 2. The third-order valence-corrected chi connectivity index (χ3v) is 5.43. The first-order valence-corrected chi connectivity index (χ1v) is 9.80. The van der Waals surface area contributed by atoms with Gasteiger partial charge in [-0.15, -0.1) is 0 Å². The molecule has 2 aliphatic heterocycles. The molecule has 0 bridgehead atoms. The molecule has 2 heterocycles. The molecule has 2 aliphatic rings. The number of nitrogens with zero attached hydrogens (tertiary/aromatic N) is 2. The lowest BCUT2D eigenvalue weighted by Crippen LogP contribution is -2.52. The minimum absolute atomic E-state index is 0.0506. The fourth-order valence-electron chi connectivity index (χ4n) is 3.85. The van der Waals surface area contributed by atoms with Crippen LogP contribution in [0.25, 0.3) is 0 Å². The van der Waals surface area contributed by atoms with E-state index in [1.165, 1.54) is 6.07 Å². The summed E-state index contributed by atoms with van der Waals surface area (Å²) in [6.45, 7) is 3.16. The van der Waals surface area contributed by atoms with Gasteiger partial charge in [-0.25, -0.2) is 8.78 Å². The predicted octanol–water partition coefficient (Wildman–Crippen LogP) is 2.62. The minimum atomic E-state index is -0.812. The molecular formula is C22H22F2N4O2. The number of amides is 2. The van der Waals surface area contributed by atoms with E-state index < -0.39 is 17.3 Å². The van der Waals surface area contributed by atoms with Gasteiger partial charge in [-0.05, 0) is 25.1 Å². The van der Waals surface area contributed by atoms with E-state index in [0.29, 0.717) is 31.6 Å². The van der Waals surface area contributed by atoms with E-state index in [1.807, 2.05) is 36.1 Å². The third kappa shape index (κ3) is 4.23. The van der Waals surface area contributed by atoms with Crippen molar-refractivity contribution in [2.45, 2.75) is 25.4 Å². The Bertz CT molecular complexity index is 1030. The van der Waals surface area contributed by atoms with Crippen molar-refractivity contribution >= 4 is 23.2 Å². The summed E-state index contributed by atoms with van der Waals surface area (Å²) in [5, 5.41) is 5.48. The third-order valence-electron chi connectivity index (χ3n) is 5.43. The Kier molecular flexibility index (Phi) is 5.34. The van der Waals surface area contributed by atoms with Crippen molar-refractivity contribution in [3.63, 3.8) is 0 Å². The van der Waals surface area contributed by atoms with E-state index in [0.717, 1.165) is 23.3 Å². The quantitative estimate of drug-likeness (QED) is 0.811. The monoisotopic (exact) mass is 412 g/mol. The van der Waals surface area contributed by atoms with Crippen molar-refractivity contribution in [1.29, 1.82) is 0 Å². The zero-order valence-electron chi connectivity index (χ0n) is 16.5. The first kappa shape index (κ1) is 20.2. The van der Waals surface area contributed by atoms with E-state index in [4.69, 9.17) is 4.99 Å². The summed E-state index contributed by atoms with van der Waals surface area (Å²) in [6, 6.07) is 10.7. The molecule has 1 spiro atoms. The van der Waals surface area contributed by atoms with E-state index in [-0.39, 0.29) is 24.0 Å². The Morgan fingerprint density at radius 2 is 1.97 bits per heavy atom. The molecule has 30 heavy (non-hydrogen) atoms. The molecule has 1 saturated heterocycles. The van der Waals surface area contributed by atoms with Crippen molar-refractivity contribution < 1.29 is 18.4 Å². The van der Waals surface area contributed by atoms with Crippen LogP contribution in [-0.4, -0.2) is 47.7 Å². The van der Waals surface area contributed by atoms with Gasteiger partial charge in [0.25, 0.3) is 5.91 Å². The Hall–Kier alpha value is -3.13. The summed E-state index contributed by atoms with van der Waals surface area (Å²) in [5.74, 6) is -2.07. The summed E-state index contributed by atoms with van der Waals surface area (Å²) < 4.78 is 26.7. The van der Waals surface area contributed by atoms with Crippen LogP contribution in [0.2, 0.25) is 0 Å². The number of hydrogen-bond acceptors (Lipinski definition) is 4. The SMILES string of the molecule is Cc1cccc(C2=NC3(CCN(CC(=O)Nc4ccc(F)cc4F)CC3)NC2=O)c1. The Morgan fingerprint density at radius 3 is 2.67 bits per heavy atom. The molecule has 0 saturated carbocycles. The van der Waals surface area contributed by atoms with Crippen LogP contribution in [0.4, 0.5) is 14.5 Å². The van der Waals surface area contributed by atoms with Crippen LogP contribution in [0.1, 0.15) is 24.0 Å². The number of anilines is 1. The number of carbonyl (C=O) groups is 2. The molecule has 0 aliphatic carbocycles. The number of rotatable bonds is 4. The van der Waals surface area contributed by atoms with Crippen molar-refractivity contribution in [2.75, 3.05) is 25.0 Å². The number of piperidine rings is 1. The van der Waals surface area contributed by atoms with Crippen molar-refractivity contribution in [1.82, 2.24) is 10.2 Å². The van der Waals surface area contributed by atoms with Gasteiger partial charge >= 0.3 is 0 Å². The summed E-state index contributed by atoms with van der Waals surface area (Å²) >= 11 is 0. The number of aliphatic imine (C=N–C) groups is 1. The predicted molar refractivity (Wildman–Crippen MR) is 109 cm³/mol. The van der Waals surface area contributed by atoms with Crippen molar-refractivity contribution in [3.05, 3.63) is 65.2 Å². The van der Waals surface area contributed by atoms with E-state index in [9.17, 15) is 18.4 Å². The van der Waals surface area contributed by atoms with Crippen LogP contribution < -0.4 is 10.6 Å². The number of aryl methyl sites for hydroxylation is 1. The second-order valence-corrected chi connectivity index (χ2v) is 7.76. The fourth-order valence-corrected chi connectivity index (χ4v) is 3.85. The molecule has 2 aromatic rings. The molecule has 6 nitrogen and oxygen atoms in total. The van der Waals surface area contributed by atoms with E-state index >= 15 is 0 Å². The first-order chi connectivity index (χ1) is 14.3. The molecule has 2 N–H and O–H groups in total. The smallest absolute Gasteiger partial charge is 0.272 e. The Balaban J connectivity index is 1.36. The van der Waals surface area contributed by atoms with Gasteiger partial charge in [0.1, 0.15) is 23.0 Å². The van der Waals surface area contributed by atoms with Crippen LogP contribution in [0.15, 0.2) is 47.5 Å². The zero-order chi connectivity index (χ0) is 21.3. The van der Waals surface area contributed by atoms with Gasteiger partial charge in [0, 0.05) is 37.6 Å². The molecular weight excluding hydrogens is 390 g/mol. The van der Waals surface area contributed by atoms with Gasteiger partial charge in [-0.1, -0.05) is 23.8 Å². The lowest BCUT2D eigenvalue weighted by Gasteiger charge is -2.36. The molecule has 0 radical (unpaired) electrons. The Labute approximate surface area is 173 Å². The maximum absolute atomic E-state index is 13.7. The average Bonchev–Trinajstić information content (AvgIpc) is 3.02. The molecule has 2 amide bonds. The molecule has 8 heteroatoms. The second kappa shape index (κ2) is 7.95. The van der Waals surface area contributed by atoms with Crippen LogP contribution in [0.3, 0.4) is 0 Å². The lowest BCUT2D eigenvalue weighted by atomic mass is 9.98. The van der Waals surface area contributed by atoms with Gasteiger partial charge in [-0.2, -0.15) is 0 Å². The van der Waals surface area contributed by atoms with Gasteiger partial charge in [0.15, 0.2) is 0 Å². The fraction of sp³-hybridized carbons (Fsp3) is 0.318. The van der Waals surface area contributed by atoms with Gasteiger partial charge in [0.2, 0.25) is 5.91 Å². The number of carbonyl (C=O) groups excluding carboxylic acids is 2. The van der Waals surface area contributed by atoms with Gasteiger partial charge in [-0.3, -0.25) is 19.5 Å². The summed E-state index contributed by atoms with van der Waals surface area (Å²) in [7, 11) is 0. The highest BCUT2D eigenvalue weighted by Crippen LogP contribution is 2.29. The average molecular weight is 412 g/mol. The highest BCUT2D eigenvalue weighted by atomic mass is 19.1. The largest absolute Gasteiger partial charge is 0.326 e. The van der Waals surface area contributed by atoms with Crippen molar-refractivity contribution in [2.24, 2.45) is 4.99 Å². The minimum Gasteiger partial charge on any atom is -0.326 e. The van der Waals surface area contributed by atoms with Gasteiger partial charge < -0.3 is 10.6 Å². The summed E-state index contributed by atoms with van der Waals surface area (Å²) in [5.41, 5.74) is 1.60. The van der Waals surface area contributed by atoms with Crippen LogP contribution in [-0.2, 0) is 9.59 Å². The topological polar surface area (TPSA) is 73.8 Å². The van der Waals surface area contributed by atoms with E-state index in [1.54, 1.807) is 0 Å². The molecule has 0 aromatic heterocycles. The number of nitrogens with one attached hydrogen (secondary N) is 2. The van der Waals surface area contributed by atoms with Crippen LogP contribution in [0.5, 0.6) is 0 Å². The zero-order valence-corrected chi connectivity index (χ0v) is 16.5. The highest BCUT2D eigenvalue weighted by Gasteiger charge is 2.42.